The number of imide groups is 1. The van der Waals surface area contributed by atoms with Crippen molar-refractivity contribution in [2.24, 2.45) is 0 Å². The predicted octanol–water partition coefficient (Wildman–Crippen LogP) is -0.409. The van der Waals surface area contributed by atoms with Crippen LogP contribution in [0.15, 0.2) is 12.2 Å². The number of rotatable bonds is 24. The molecule has 0 aromatic rings. The Bertz CT molecular complexity index is 567. The van der Waals surface area contributed by atoms with Crippen LogP contribution >= 0.6 is 0 Å². The number of hydrogen-bond donors (Lipinski definition) is 0. The van der Waals surface area contributed by atoms with E-state index in [1.54, 1.807) is 0 Å². The van der Waals surface area contributed by atoms with E-state index in [0.717, 1.165) is 4.90 Å². The van der Waals surface area contributed by atoms with Gasteiger partial charge in [-0.25, -0.2) is 0 Å². The van der Waals surface area contributed by atoms with Crippen LogP contribution in [-0.2, 0) is 52.3 Å². The molecule has 0 saturated carbocycles. The Morgan fingerprint density at radius 2 is 0.912 bits per heavy atom. The minimum absolute atomic E-state index is 0.239. The summed E-state index contributed by atoms with van der Waals surface area (Å²) in [5.74, 6) is -0.909. The van der Waals surface area contributed by atoms with Gasteiger partial charge in [0.15, 0.2) is 0 Å². The van der Waals surface area contributed by atoms with Crippen LogP contribution in [0.5, 0.6) is 0 Å². The summed E-state index contributed by atoms with van der Waals surface area (Å²) in [6, 6.07) is 0. The molecule has 0 atom stereocenters. The number of nitrogens with zero attached hydrogens (tertiary/aromatic N) is 1. The zero-order valence-electron chi connectivity index (χ0n) is 19.9. The fourth-order valence-corrected chi connectivity index (χ4v) is 2.49. The molecule has 0 spiro atoms. The Balaban J connectivity index is 1.67. The highest BCUT2D eigenvalue weighted by molar-refractivity contribution is 6.12. The monoisotopic (exact) mass is 491 g/mol. The molecule has 0 aromatic carbocycles. The lowest BCUT2D eigenvalue weighted by Gasteiger charge is -2.13. The number of amides is 2. The van der Waals surface area contributed by atoms with Gasteiger partial charge in [0, 0.05) is 12.2 Å². The van der Waals surface area contributed by atoms with E-state index in [1.807, 2.05) is 0 Å². The van der Waals surface area contributed by atoms with Crippen LogP contribution in [0.25, 0.3) is 0 Å². The summed E-state index contributed by atoms with van der Waals surface area (Å²) in [5, 5.41) is 0. The van der Waals surface area contributed by atoms with Crippen LogP contribution in [0.3, 0.4) is 0 Å². The maximum atomic E-state index is 11.3. The zero-order chi connectivity index (χ0) is 24.7. The molecule has 0 N–H and O–H groups in total. The Labute approximate surface area is 200 Å². The largest absolute Gasteiger partial charge is 0.469 e. The zero-order valence-corrected chi connectivity index (χ0v) is 19.9. The highest BCUT2D eigenvalue weighted by Gasteiger charge is 2.22. The van der Waals surface area contributed by atoms with Gasteiger partial charge in [-0.15, -0.1) is 0 Å². The second-order valence-corrected chi connectivity index (χ2v) is 6.77. The average molecular weight is 492 g/mol. The maximum absolute atomic E-state index is 11.3. The van der Waals surface area contributed by atoms with E-state index in [1.165, 1.54) is 19.3 Å². The summed E-state index contributed by atoms with van der Waals surface area (Å²) < 4.78 is 42.0. The predicted molar refractivity (Wildman–Crippen MR) is 118 cm³/mol. The van der Waals surface area contributed by atoms with Crippen LogP contribution in [0.4, 0.5) is 0 Å². The number of carbonyl (C=O) groups is 3. The first-order valence-corrected chi connectivity index (χ1v) is 11.3. The summed E-state index contributed by atoms with van der Waals surface area (Å²) >= 11 is 0. The number of carbonyl (C=O) groups excluding carboxylic acids is 3. The molecule has 12 heteroatoms. The topological polar surface area (TPSA) is 128 Å². The first-order chi connectivity index (χ1) is 16.6. The molecular formula is C22H37NO11. The third-order valence-electron chi connectivity index (χ3n) is 4.27. The molecule has 1 heterocycles. The van der Waals surface area contributed by atoms with Crippen molar-refractivity contribution in [3.8, 4) is 0 Å². The van der Waals surface area contributed by atoms with Crippen molar-refractivity contribution in [3.63, 3.8) is 0 Å². The molecule has 0 aromatic heterocycles. The van der Waals surface area contributed by atoms with Crippen LogP contribution in [0.1, 0.15) is 6.42 Å². The fourth-order valence-electron chi connectivity index (χ4n) is 2.49. The fraction of sp³-hybridized carbons (Fsp3) is 0.773. The lowest BCUT2D eigenvalue weighted by atomic mass is 10.5. The van der Waals surface area contributed by atoms with Crippen molar-refractivity contribution in [3.05, 3.63) is 12.2 Å². The number of esters is 1. The van der Waals surface area contributed by atoms with Crippen molar-refractivity contribution in [2.75, 3.05) is 106 Å². The highest BCUT2D eigenvalue weighted by Crippen LogP contribution is 2.02. The molecule has 12 nitrogen and oxygen atoms in total. The molecule has 0 fully saturated rings. The molecular weight excluding hydrogens is 454 g/mol. The van der Waals surface area contributed by atoms with E-state index < -0.39 is 0 Å². The SMILES string of the molecule is COC(=O)CCOCCOCCOCCOCCOCCOCCOCCN1C(=O)C=CC1=O. The molecule has 0 aliphatic carbocycles. The molecule has 0 saturated heterocycles. The van der Waals surface area contributed by atoms with Crippen molar-refractivity contribution < 1.29 is 52.3 Å². The maximum Gasteiger partial charge on any atom is 0.307 e. The van der Waals surface area contributed by atoms with E-state index in [4.69, 9.17) is 33.2 Å². The van der Waals surface area contributed by atoms with Gasteiger partial charge >= 0.3 is 5.97 Å². The summed E-state index contributed by atoms with van der Waals surface area (Å²) in [7, 11) is 1.34. The van der Waals surface area contributed by atoms with Crippen LogP contribution in [0.2, 0.25) is 0 Å². The van der Waals surface area contributed by atoms with Crippen molar-refractivity contribution >= 4 is 17.8 Å². The van der Waals surface area contributed by atoms with Gasteiger partial charge < -0.3 is 37.9 Å². The summed E-state index contributed by atoms with van der Waals surface area (Å²) in [5.41, 5.74) is 0. The van der Waals surface area contributed by atoms with E-state index in [0.29, 0.717) is 85.9 Å². The Kier molecular flexibility index (Phi) is 19.1. The van der Waals surface area contributed by atoms with Crippen molar-refractivity contribution in [1.29, 1.82) is 0 Å². The van der Waals surface area contributed by atoms with Gasteiger partial charge in [-0.05, 0) is 0 Å². The smallest absolute Gasteiger partial charge is 0.307 e. The second-order valence-electron chi connectivity index (χ2n) is 6.77. The quantitative estimate of drug-likeness (QED) is 0.0993. The Hall–Kier alpha value is -1.93. The van der Waals surface area contributed by atoms with Gasteiger partial charge in [0.1, 0.15) is 0 Å². The van der Waals surface area contributed by atoms with E-state index in [2.05, 4.69) is 4.74 Å². The summed E-state index contributed by atoms with van der Waals surface area (Å²) in [6.45, 7) is 6.18. The first kappa shape index (κ1) is 30.1. The average Bonchev–Trinajstić information content (AvgIpc) is 3.16. The van der Waals surface area contributed by atoms with Crippen molar-refractivity contribution in [1.82, 2.24) is 4.90 Å². The molecule has 1 aliphatic rings. The van der Waals surface area contributed by atoms with Gasteiger partial charge in [-0.3, -0.25) is 19.3 Å². The lowest BCUT2D eigenvalue weighted by molar-refractivity contribution is -0.142. The molecule has 196 valence electrons. The third kappa shape index (κ3) is 16.6. The second kappa shape index (κ2) is 21.6. The minimum atomic E-state index is -0.308. The third-order valence-corrected chi connectivity index (χ3v) is 4.27. The number of hydrogen-bond acceptors (Lipinski definition) is 11. The van der Waals surface area contributed by atoms with Gasteiger partial charge in [0.05, 0.1) is 113 Å². The molecule has 2 amide bonds. The van der Waals surface area contributed by atoms with Crippen LogP contribution < -0.4 is 0 Å². The van der Waals surface area contributed by atoms with E-state index in [-0.39, 0.29) is 37.4 Å². The van der Waals surface area contributed by atoms with Gasteiger partial charge in [0.25, 0.3) is 11.8 Å². The molecule has 0 bridgehead atoms. The molecule has 34 heavy (non-hydrogen) atoms. The summed E-state index contributed by atoms with van der Waals surface area (Å²) in [4.78, 5) is 34.7. The number of ether oxygens (including phenoxy) is 8. The standard InChI is InChI=1S/C22H37NO11/c1-27-22(26)4-6-28-8-10-30-12-14-32-16-18-34-19-17-33-15-13-31-11-9-29-7-5-23-20(24)2-3-21(23)25/h2-3H,4-19H2,1H3. The minimum Gasteiger partial charge on any atom is -0.469 e. The molecule has 1 rings (SSSR count). The Morgan fingerprint density at radius 1 is 0.588 bits per heavy atom. The van der Waals surface area contributed by atoms with Gasteiger partial charge in [0.2, 0.25) is 0 Å². The van der Waals surface area contributed by atoms with Gasteiger partial charge in [-0.1, -0.05) is 0 Å². The van der Waals surface area contributed by atoms with E-state index in [9.17, 15) is 14.4 Å². The van der Waals surface area contributed by atoms with E-state index >= 15 is 0 Å². The number of methoxy groups -OCH3 is 1. The van der Waals surface area contributed by atoms with Crippen LogP contribution in [0, 0.1) is 0 Å². The van der Waals surface area contributed by atoms with Crippen molar-refractivity contribution in [2.45, 2.75) is 6.42 Å². The molecule has 0 unspecified atom stereocenters. The lowest BCUT2D eigenvalue weighted by Crippen LogP contribution is -2.33. The first-order valence-electron chi connectivity index (χ1n) is 11.3. The van der Waals surface area contributed by atoms with Gasteiger partial charge in [-0.2, -0.15) is 0 Å². The molecule has 1 aliphatic heterocycles. The highest BCUT2D eigenvalue weighted by atomic mass is 16.6. The molecule has 0 radical (unpaired) electrons. The summed E-state index contributed by atoms with van der Waals surface area (Å²) in [6.07, 6.45) is 2.74. The normalized spacial score (nSPS) is 13.3. The van der Waals surface area contributed by atoms with Crippen LogP contribution in [-0.4, -0.2) is 129 Å². The Morgan fingerprint density at radius 3 is 1.26 bits per heavy atom.